The fourth-order valence-corrected chi connectivity index (χ4v) is 4.98. The molecule has 8 heteroatoms. The third kappa shape index (κ3) is 4.54. The minimum Gasteiger partial charge on any atom is -0.486 e. The molecule has 0 spiro atoms. The Bertz CT molecular complexity index is 978. The largest absolute Gasteiger partial charge is 0.486 e. The zero-order valence-electron chi connectivity index (χ0n) is 16.4. The summed E-state index contributed by atoms with van der Waals surface area (Å²) in [6.07, 6.45) is 0. The minimum absolute atomic E-state index is 0.174. The minimum atomic E-state index is -0.569. The smallest absolute Gasteiger partial charge is 0.341 e. The van der Waals surface area contributed by atoms with Crippen LogP contribution in [0.25, 0.3) is 4.91 Å². The van der Waals surface area contributed by atoms with Gasteiger partial charge in [-0.2, -0.15) is 0 Å². The zero-order chi connectivity index (χ0) is 21.0. The highest BCUT2D eigenvalue weighted by Gasteiger charge is 2.28. The summed E-state index contributed by atoms with van der Waals surface area (Å²) >= 11 is 2.62. The SMILES string of the molecule is CCOC(=O)c1c(NC(=O)C2=C(c3ccccc3)SCCO2)sc(C(C)=O)c1C. The molecule has 0 fully saturated rings. The monoisotopic (exact) mass is 431 g/mol. The number of hydrogen-bond acceptors (Lipinski definition) is 7. The predicted octanol–water partition coefficient (Wildman–Crippen LogP) is 4.51. The van der Waals surface area contributed by atoms with Crippen LogP contribution in [0.5, 0.6) is 0 Å². The summed E-state index contributed by atoms with van der Waals surface area (Å²) in [7, 11) is 0. The van der Waals surface area contributed by atoms with E-state index >= 15 is 0 Å². The summed E-state index contributed by atoms with van der Waals surface area (Å²) in [5.74, 6) is -0.259. The van der Waals surface area contributed by atoms with Gasteiger partial charge in [-0.1, -0.05) is 30.3 Å². The van der Waals surface area contributed by atoms with Crippen molar-refractivity contribution in [2.75, 3.05) is 24.3 Å². The van der Waals surface area contributed by atoms with E-state index in [-0.39, 0.29) is 28.7 Å². The highest BCUT2D eigenvalue weighted by atomic mass is 32.2. The molecule has 0 aliphatic carbocycles. The van der Waals surface area contributed by atoms with Gasteiger partial charge in [0, 0.05) is 5.75 Å². The molecule has 1 amide bonds. The number of hydrogen-bond donors (Lipinski definition) is 1. The molecule has 3 rings (SSSR count). The first-order chi connectivity index (χ1) is 13.9. The van der Waals surface area contributed by atoms with E-state index in [0.29, 0.717) is 17.0 Å². The number of thiophene rings is 1. The van der Waals surface area contributed by atoms with E-state index < -0.39 is 11.9 Å². The van der Waals surface area contributed by atoms with Gasteiger partial charge in [-0.15, -0.1) is 23.1 Å². The molecule has 1 N–H and O–H groups in total. The fraction of sp³-hybridized carbons (Fsp3) is 0.286. The van der Waals surface area contributed by atoms with E-state index in [2.05, 4.69) is 5.32 Å². The number of benzene rings is 1. The second kappa shape index (κ2) is 9.28. The second-order valence-corrected chi connectivity index (χ2v) is 8.34. The molecule has 152 valence electrons. The molecule has 0 radical (unpaired) electrons. The third-order valence-electron chi connectivity index (χ3n) is 4.20. The maximum Gasteiger partial charge on any atom is 0.341 e. The topological polar surface area (TPSA) is 81.7 Å². The van der Waals surface area contributed by atoms with Crippen molar-refractivity contribution in [3.63, 3.8) is 0 Å². The molecule has 1 aromatic carbocycles. The van der Waals surface area contributed by atoms with Crippen LogP contribution >= 0.6 is 23.1 Å². The first-order valence-corrected chi connectivity index (χ1v) is 10.9. The summed E-state index contributed by atoms with van der Waals surface area (Å²) in [6.45, 7) is 5.41. The quantitative estimate of drug-likeness (QED) is 0.535. The van der Waals surface area contributed by atoms with Crippen LogP contribution in [0, 0.1) is 6.92 Å². The predicted molar refractivity (Wildman–Crippen MR) is 115 cm³/mol. The van der Waals surface area contributed by atoms with Crippen molar-refractivity contribution in [1.82, 2.24) is 0 Å². The fourth-order valence-electron chi connectivity index (χ4n) is 2.94. The summed E-state index contributed by atoms with van der Waals surface area (Å²) in [5, 5.41) is 3.05. The van der Waals surface area contributed by atoms with Gasteiger partial charge in [0.1, 0.15) is 5.00 Å². The first-order valence-electron chi connectivity index (χ1n) is 9.12. The van der Waals surface area contributed by atoms with Gasteiger partial charge in [0.15, 0.2) is 11.5 Å². The molecule has 0 unspecified atom stereocenters. The van der Waals surface area contributed by atoms with Crippen molar-refractivity contribution in [3.8, 4) is 0 Å². The zero-order valence-corrected chi connectivity index (χ0v) is 18.0. The number of ketones is 1. The van der Waals surface area contributed by atoms with Crippen molar-refractivity contribution >= 4 is 50.7 Å². The number of nitrogens with one attached hydrogen (secondary N) is 1. The maximum atomic E-state index is 13.0. The molecule has 6 nitrogen and oxygen atoms in total. The van der Waals surface area contributed by atoms with Gasteiger partial charge in [0.25, 0.3) is 5.91 Å². The van der Waals surface area contributed by atoms with E-state index in [0.717, 1.165) is 27.6 Å². The molecule has 2 aromatic rings. The number of Topliss-reactive ketones (excluding diaryl/α,β-unsaturated/α-hetero) is 1. The molecule has 0 atom stereocenters. The van der Waals surface area contributed by atoms with Crippen LogP contribution in [0.15, 0.2) is 36.1 Å². The average molecular weight is 432 g/mol. The number of ether oxygens (including phenoxy) is 2. The van der Waals surface area contributed by atoms with Gasteiger partial charge in [-0.05, 0) is 31.9 Å². The molecular weight excluding hydrogens is 410 g/mol. The lowest BCUT2D eigenvalue weighted by Crippen LogP contribution is -2.21. The third-order valence-corrected chi connectivity index (χ3v) is 6.59. The number of carbonyl (C=O) groups excluding carboxylic acids is 3. The van der Waals surface area contributed by atoms with Crippen molar-refractivity contribution in [3.05, 3.63) is 57.7 Å². The summed E-state index contributed by atoms with van der Waals surface area (Å²) < 4.78 is 10.8. The molecule has 29 heavy (non-hydrogen) atoms. The van der Waals surface area contributed by atoms with Crippen molar-refractivity contribution in [1.29, 1.82) is 0 Å². The van der Waals surface area contributed by atoms with Crippen molar-refractivity contribution in [2.24, 2.45) is 0 Å². The maximum absolute atomic E-state index is 13.0. The number of esters is 1. The highest BCUT2D eigenvalue weighted by molar-refractivity contribution is 8.08. The van der Waals surface area contributed by atoms with Gasteiger partial charge >= 0.3 is 5.97 Å². The van der Waals surface area contributed by atoms with Crippen LogP contribution in [0.3, 0.4) is 0 Å². The average Bonchev–Trinajstić information content (AvgIpc) is 3.05. The Morgan fingerprint density at radius 2 is 1.93 bits per heavy atom. The second-order valence-electron chi connectivity index (χ2n) is 6.21. The Morgan fingerprint density at radius 3 is 2.59 bits per heavy atom. The van der Waals surface area contributed by atoms with Crippen LogP contribution < -0.4 is 5.32 Å². The van der Waals surface area contributed by atoms with Crippen LogP contribution in [-0.2, 0) is 14.3 Å². The Kier molecular flexibility index (Phi) is 6.76. The number of carbonyl (C=O) groups is 3. The molecule has 0 bridgehead atoms. The van der Waals surface area contributed by atoms with Gasteiger partial charge in [0.05, 0.1) is 28.6 Å². The van der Waals surface area contributed by atoms with Crippen molar-refractivity contribution in [2.45, 2.75) is 20.8 Å². The van der Waals surface area contributed by atoms with Gasteiger partial charge < -0.3 is 14.8 Å². The van der Waals surface area contributed by atoms with Crippen LogP contribution in [-0.4, -0.2) is 36.6 Å². The Hall–Kier alpha value is -2.58. The Labute approximate surface area is 177 Å². The number of anilines is 1. The molecule has 2 heterocycles. The standard InChI is InChI=1S/C21H21NO5S2/c1-4-26-21(25)15-12(2)17(13(3)23)29-20(15)22-19(24)16-18(28-11-10-27-16)14-8-6-5-7-9-14/h5-9H,4,10-11H2,1-3H3,(H,22,24). The van der Waals surface area contributed by atoms with Gasteiger partial charge in [0.2, 0.25) is 0 Å². The van der Waals surface area contributed by atoms with Crippen molar-refractivity contribution < 1.29 is 23.9 Å². The summed E-state index contributed by atoms with van der Waals surface area (Å²) in [6, 6.07) is 9.53. The van der Waals surface area contributed by atoms with E-state index in [9.17, 15) is 14.4 Å². The van der Waals surface area contributed by atoms with Gasteiger partial charge in [-0.3, -0.25) is 9.59 Å². The molecular formula is C21H21NO5S2. The highest BCUT2D eigenvalue weighted by Crippen LogP contribution is 2.37. The Balaban J connectivity index is 1.99. The van der Waals surface area contributed by atoms with Gasteiger partial charge in [-0.25, -0.2) is 4.79 Å². The normalized spacial score (nSPS) is 13.6. The number of rotatable bonds is 6. The Morgan fingerprint density at radius 1 is 1.21 bits per heavy atom. The molecule has 0 saturated carbocycles. The lowest BCUT2D eigenvalue weighted by atomic mass is 10.1. The number of thioether (sulfide) groups is 1. The van der Waals surface area contributed by atoms with Crippen LogP contribution in [0.4, 0.5) is 5.00 Å². The lowest BCUT2D eigenvalue weighted by Gasteiger charge is -2.20. The molecule has 0 saturated heterocycles. The van der Waals surface area contributed by atoms with Crippen LogP contribution in [0.1, 0.15) is 45.0 Å². The number of amides is 1. The lowest BCUT2D eigenvalue weighted by molar-refractivity contribution is -0.115. The summed E-state index contributed by atoms with van der Waals surface area (Å²) in [4.78, 5) is 38.6. The van der Waals surface area contributed by atoms with E-state index in [1.807, 2.05) is 30.3 Å². The molecule has 1 aromatic heterocycles. The molecule has 1 aliphatic heterocycles. The van der Waals surface area contributed by atoms with Crippen LogP contribution in [0.2, 0.25) is 0 Å². The van der Waals surface area contributed by atoms with E-state index in [1.54, 1.807) is 25.6 Å². The van der Waals surface area contributed by atoms with E-state index in [4.69, 9.17) is 9.47 Å². The van der Waals surface area contributed by atoms with E-state index in [1.165, 1.54) is 6.92 Å². The summed E-state index contributed by atoms with van der Waals surface area (Å²) in [5.41, 5.74) is 1.60. The molecule has 1 aliphatic rings. The first kappa shape index (κ1) is 21.1.